The van der Waals surface area contributed by atoms with Crippen LogP contribution in [0.25, 0.3) is 0 Å². The topological polar surface area (TPSA) is 105 Å². The molecule has 0 aliphatic rings. The molecule has 1 N–H and O–H groups in total. The number of anilines is 1. The predicted molar refractivity (Wildman–Crippen MR) is 165 cm³/mol. The van der Waals surface area contributed by atoms with Crippen LogP contribution in [0.2, 0.25) is 5.02 Å². The quantitative estimate of drug-likeness (QED) is 0.318. The van der Waals surface area contributed by atoms with Crippen molar-refractivity contribution in [3.8, 4) is 11.5 Å². The van der Waals surface area contributed by atoms with E-state index in [1.165, 1.54) is 37.3 Å². The summed E-state index contributed by atoms with van der Waals surface area (Å²) >= 11 is 6.21. The van der Waals surface area contributed by atoms with Crippen LogP contribution in [0.5, 0.6) is 11.5 Å². The van der Waals surface area contributed by atoms with Gasteiger partial charge in [0.25, 0.3) is 10.0 Å². The fourth-order valence-electron chi connectivity index (χ4n) is 4.23. The first-order valence-corrected chi connectivity index (χ1v) is 15.2. The Morgan fingerprint density at radius 3 is 2.21 bits per heavy atom. The van der Waals surface area contributed by atoms with Gasteiger partial charge in [-0.15, -0.1) is 0 Å². The predicted octanol–water partition coefficient (Wildman–Crippen LogP) is 5.19. The van der Waals surface area contributed by atoms with Crippen molar-refractivity contribution >= 4 is 39.1 Å². The normalized spacial score (nSPS) is 12.3. The standard InChI is InChI=1S/C31H38ClN3O6S/c1-21-11-14-26(15-12-21)42(38,39)35(27-18-25(40-6)13-16-28(27)41-7)20-29(36)34(19-23-9-8-10-24(32)17-23)22(2)30(37)33-31(3,4)5/h8-18,22H,19-20H2,1-7H3,(H,33,37). The molecule has 0 radical (unpaired) electrons. The molecule has 0 saturated carbocycles. The number of ether oxygens (including phenoxy) is 2. The smallest absolute Gasteiger partial charge is 0.264 e. The molecule has 9 nitrogen and oxygen atoms in total. The number of halogens is 1. The van der Waals surface area contributed by atoms with Crippen molar-refractivity contribution in [1.82, 2.24) is 10.2 Å². The number of hydrogen-bond donors (Lipinski definition) is 1. The van der Waals surface area contributed by atoms with Gasteiger partial charge >= 0.3 is 0 Å². The average molecular weight is 616 g/mol. The highest BCUT2D eigenvalue weighted by atomic mass is 35.5. The maximum atomic E-state index is 14.1. The number of nitrogens with one attached hydrogen (secondary N) is 1. The van der Waals surface area contributed by atoms with Crippen molar-refractivity contribution in [2.75, 3.05) is 25.1 Å². The second-order valence-corrected chi connectivity index (χ2v) is 13.2. The van der Waals surface area contributed by atoms with Crippen LogP contribution in [0.15, 0.2) is 71.6 Å². The number of nitrogens with zero attached hydrogens (tertiary/aromatic N) is 2. The summed E-state index contributed by atoms with van der Waals surface area (Å²) in [6.45, 7) is 8.37. The molecule has 2 amide bonds. The highest BCUT2D eigenvalue weighted by Crippen LogP contribution is 2.36. The summed E-state index contributed by atoms with van der Waals surface area (Å²) in [6.07, 6.45) is 0. The molecule has 0 aromatic heterocycles. The monoisotopic (exact) mass is 615 g/mol. The van der Waals surface area contributed by atoms with Crippen LogP contribution in [0, 0.1) is 6.92 Å². The Morgan fingerprint density at radius 2 is 1.64 bits per heavy atom. The van der Waals surface area contributed by atoms with Gasteiger partial charge in [-0.25, -0.2) is 8.42 Å². The zero-order valence-corrected chi connectivity index (χ0v) is 26.5. The van der Waals surface area contributed by atoms with Crippen molar-refractivity contribution in [3.05, 3.63) is 82.9 Å². The number of sulfonamides is 1. The minimum atomic E-state index is -4.28. The van der Waals surface area contributed by atoms with Gasteiger partial charge in [0.1, 0.15) is 24.1 Å². The molecular weight excluding hydrogens is 578 g/mol. The van der Waals surface area contributed by atoms with Gasteiger partial charge in [0.15, 0.2) is 0 Å². The number of rotatable bonds is 11. The number of carbonyl (C=O) groups excluding carboxylic acids is 2. The molecule has 226 valence electrons. The Balaban J connectivity index is 2.13. The van der Waals surface area contributed by atoms with Gasteiger partial charge in [0.05, 0.1) is 24.8 Å². The van der Waals surface area contributed by atoms with Gasteiger partial charge in [-0.3, -0.25) is 13.9 Å². The van der Waals surface area contributed by atoms with Crippen molar-refractivity contribution in [1.29, 1.82) is 0 Å². The Morgan fingerprint density at radius 1 is 0.976 bits per heavy atom. The molecule has 0 saturated heterocycles. The van der Waals surface area contributed by atoms with Gasteiger partial charge in [-0.1, -0.05) is 41.4 Å². The highest BCUT2D eigenvalue weighted by molar-refractivity contribution is 7.92. The summed E-state index contributed by atoms with van der Waals surface area (Å²) in [7, 11) is -1.42. The lowest BCUT2D eigenvalue weighted by Crippen LogP contribution is -2.54. The summed E-state index contributed by atoms with van der Waals surface area (Å²) < 4.78 is 40.1. The lowest BCUT2D eigenvalue weighted by molar-refractivity contribution is -0.140. The molecule has 0 aliphatic carbocycles. The van der Waals surface area contributed by atoms with E-state index in [2.05, 4.69) is 5.32 Å². The molecule has 3 aromatic carbocycles. The van der Waals surface area contributed by atoms with Gasteiger partial charge in [0, 0.05) is 23.2 Å². The summed E-state index contributed by atoms with van der Waals surface area (Å²) in [5.74, 6) is -0.396. The molecule has 0 heterocycles. The first-order chi connectivity index (χ1) is 19.7. The van der Waals surface area contributed by atoms with E-state index >= 15 is 0 Å². The van der Waals surface area contributed by atoms with Gasteiger partial charge < -0.3 is 19.7 Å². The summed E-state index contributed by atoms with van der Waals surface area (Å²) in [4.78, 5) is 28.7. The van der Waals surface area contributed by atoms with Crippen molar-refractivity contribution in [2.45, 2.75) is 57.6 Å². The van der Waals surface area contributed by atoms with Crippen molar-refractivity contribution in [3.63, 3.8) is 0 Å². The van der Waals surface area contributed by atoms with E-state index in [9.17, 15) is 18.0 Å². The van der Waals surface area contributed by atoms with Crippen LogP contribution in [0.3, 0.4) is 0 Å². The minimum absolute atomic E-state index is 0.00862. The summed E-state index contributed by atoms with van der Waals surface area (Å²) in [6, 6.07) is 17.0. The maximum Gasteiger partial charge on any atom is 0.264 e. The minimum Gasteiger partial charge on any atom is -0.497 e. The third kappa shape index (κ3) is 8.17. The van der Waals surface area contributed by atoms with Crippen LogP contribution < -0.4 is 19.1 Å². The highest BCUT2D eigenvalue weighted by Gasteiger charge is 2.34. The largest absolute Gasteiger partial charge is 0.497 e. The molecule has 42 heavy (non-hydrogen) atoms. The second kappa shape index (κ2) is 13.5. The van der Waals surface area contributed by atoms with E-state index in [4.69, 9.17) is 21.1 Å². The lowest BCUT2D eigenvalue weighted by Gasteiger charge is -2.33. The SMILES string of the molecule is COc1ccc(OC)c(N(CC(=O)N(Cc2cccc(Cl)c2)C(C)C(=O)NC(C)(C)C)S(=O)(=O)c2ccc(C)cc2)c1. The number of benzene rings is 3. The molecule has 3 aromatic rings. The molecule has 1 atom stereocenters. The third-order valence-electron chi connectivity index (χ3n) is 6.45. The number of methoxy groups -OCH3 is 2. The van der Waals surface area contributed by atoms with Gasteiger partial charge in [-0.2, -0.15) is 0 Å². The number of hydrogen-bond acceptors (Lipinski definition) is 6. The molecule has 0 aliphatic heterocycles. The number of amides is 2. The lowest BCUT2D eigenvalue weighted by atomic mass is 10.1. The van der Waals surface area contributed by atoms with E-state index < -0.39 is 34.1 Å². The van der Waals surface area contributed by atoms with Crippen LogP contribution in [0.4, 0.5) is 5.69 Å². The van der Waals surface area contributed by atoms with Crippen LogP contribution in [0.1, 0.15) is 38.8 Å². The number of aryl methyl sites for hydroxylation is 1. The Bertz CT molecular complexity index is 1520. The summed E-state index contributed by atoms with van der Waals surface area (Å²) in [5, 5.41) is 3.37. The van der Waals surface area contributed by atoms with Gasteiger partial charge in [0.2, 0.25) is 11.8 Å². The Labute approximate surface area is 253 Å². The Kier molecular flexibility index (Phi) is 10.5. The first-order valence-electron chi connectivity index (χ1n) is 13.3. The van der Waals surface area contributed by atoms with Gasteiger partial charge in [-0.05, 0) is 76.6 Å². The van der Waals surface area contributed by atoms with E-state index in [0.29, 0.717) is 16.3 Å². The zero-order valence-electron chi connectivity index (χ0n) is 25.0. The Hall–Kier alpha value is -3.76. The van der Waals surface area contributed by atoms with Crippen LogP contribution in [-0.4, -0.2) is 57.5 Å². The maximum absolute atomic E-state index is 14.1. The molecule has 11 heteroatoms. The van der Waals surface area contributed by atoms with E-state index in [0.717, 1.165) is 9.87 Å². The molecule has 1 unspecified atom stereocenters. The fraction of sp³-hybridized carbons (Fsp3) is 0.355. The molecule has 0 bridgehead atoms. The molecule has 0 fully saturated rings. The fourth-order valence-corrected chi connectivity index (χ4v) is 5.86. The van der Waals surface area contributed by atoms with E-state index in [-0.39, 0.29) is 28.8 Å². The first kappa shape index (κ1) is 32.8. The molecular formula is C31H38ClN3O6S. The molecule has 0 spiro atoms. The average Bonchev–Trinajstić information content (AvgIpc) is 2.93. The van der Waals surface area contributed by atoms with Crippen LogP contribution >= 0.6 is 11.6 Å². The number of carbonyl (C=O) groups is 2. The third-order valence-corrected chi connectivity index (χ3v) is 8.46. The second-order valence-electron chi connectivity index (χ2n) is 10.9. The molecule has 3 rings (SSSR count). The zero-order chi connectivity index (χ0) is 31.2. The van der Waals surface area contributed by atoms with Crippen molar-refractivity contribution in [2.24, 2.45) is 0 Å². The van der Waals surface area contributed by atoms with Crippen molar-refractivity contribution < 1.29 is 27.5 Å². The van der Waals surface area contributed by atoms with E-state index in [1.807, 2.05) is 27.7 Å². The summed E-state index contributed by atoms with van der Waals surface area (Å²) in [5.41, 5.74) is 1.12. The van der Waals surface area contributed by atoms with Crippen LogP contribution in [-0.2, 0) is 26.2 Å². The van der Waals surface area contributed by atoms with E-state index in [1.54, 1.807) is 55.5 Å².